The van der Waals surface area contributed by atoms with Crippen LogP contribution in [0.4, 0.5) is 0 Å². The van der Waals surface area contributed by atoms with Crippen LogP contribution in [0.2, 0.25) is 0 Å². The monoisotopic (exact) mass is 264 g/mol. The number of pyridine rings is 1. The van der Waals surface area contributed by atoms with E-state index in [9.17, 15) is 8.42 Å². The summed E-state index contributed by atoms with van der Waals surface area (Å²) in [6.07, 6.45) is 7.18. The molecule has 4 nitrogen and oxygen atoms in total. The Kier molecular flexibility index (Phi) is 2.48. The number of hydrogen-bond acceptors (Lipinski definition) is 3. The highest BCUT2D eigenvalue weighted by Crippen LogP contribution is 2.35. The molecule has 2 aromatic rings. The standard InChI is InChI=1S/C13H16N2O2S/c1-9-13(18(2,16)17)11-5-6-14-7-12(11)15(9)8-10-3-4-10/h5-7,10H,3-4,8H2,1-2H3. The van der Waals surface area contributed by atoms with Crippen LogP contribution in [0, 0.1) is 12.8 Å². The summed E-state index contributed by atoms with van der Waals surface area (Å²) in [5.74, 6) is 0.701. The van der Waals surface area contributed by atoms with Gasteiger partial charge in [0.15, 0.2) is 9.84 Å². The Bertz CT molecular complexity index is 712. The molecule has 0 radical (unpaired) electrons. The Morgan fingerprint density at radius 1 is 1.44 bits per heavy atom. The second kappa shape index (κ2) is 3.82. The van der Waals surface area contributed by atoms with Crippen LogP contribution in [-0.2, 0) is 16.4 Å². The SMILES string of the molecule is Cc1c(S(C)(=O)=O)c2ccncc2n1CC1CC1. The van der Waals surface area contributed by atoms with E-state index >= 15 is 0 Å². The molecule has 0 saturated heterocycles. The predicted molar refractivity (Wildman–Crippen MR) is 70.3 cm³/mol. The lowest BCUT2D eigenvalue weighted by molar-refractivity contribution is 0.597. The Hall–Kier alpha value is -1.36. The third-order valence-corrected chi connectivity index (χ3v) is 4.83. The summed E-state index contributed by atoms with van der Waals surface area (Å²) in [5.41, 5.74) is 1.77. The van der Waals surface area contributed by atoms with Crippen molar-refractivity contribution in [2.75, 3.05) is 6.26 Å². The van der Waals surface area contributed by atoms with Gasteiger partial charge in [-0.15, -0.1) is 0 Å². The van der Waals surface area contributed by atoms with Crippen LogP contribution in [-0.4, -0.2) is 24.2 Å². The highest BCUT2D eigenvalue weighted by Gasteiger charge is 2.26. The molecule has 96 valence electrons. The van der Waals surface area contributed by atoms with Crippen molar-refractivity contribution in [2.45, 2.75) is 31.2 Å². The average Bonchev–Trinajstić information content (AvgIpc) is 3.04. The van der Waals surface area contributed by atoms with Gasteiger partial charge in [-0.2, -0.15) is 0 Å². The first kappa shape index (κ1) is 11.7. The molecule has 18 heavy (non-hydrogen) atoms. The van der Waals surface area contributed by atoms with Gasteiger partial charge in [-0.3, -0.25) is 4.98 Å². The van der Waals surface area contributed by atoms with Gasteiger partial charge in [0.25, 0.3) is 0 Å². The van der Waals surface area contributed by atoms with Crippen molar-refractivity contribution in [2.24, 2.45) is 5.92 Å². The van der Waals surface area contributed by atoms with Gasteiger partial charge in [-0.1, -0.05) is 0 Å². The van der Waals surface area contributed by atoms with E-state index < -0.39 is 9.84 Å². The summed E-state index contributed by atoms with van der Waals surface area (Å²) < 4.78 is 26.0. The van der Waals surface area contributed by atoms with Gasteiger partial charge in [0.05, 0.1) is 16.6 Å². The number of nitrogens with zero attached hydrogens (tertiary/aromatic N) is 2. The van der Waals surface area contributed by atoms with Gasteiger partial charge in [0.1, 0.15) is 0 Å². The quantitative estimate of drug-likeness (QED) is 0.853. The van der Waals surface area contributed by atoms with Crippen LogP contribution in [0.1, 0.15) is 18.5 Å². The highest BCUT2D eigenvalue weighted by atomic mass is 32.2. The maximum Gasteiger partial charge on any atom is 0.177 e. The molecule has 5 heteroatoms. The number of sulfone groups is 1. The molecular weight excluding hydrogens is 248 g/mol. The topological polar surface area (TPSA) is 52.0 Å². The zero-order valence-corrected chi connectivity index (χ0v) is 11.4. The Morgan fingerprint density at radius 3 is 2.78 bits per heavy atom. The fourth-order valence-corrected chi connectivity index (χ4v) is 3.77. The van der Waals surface area contributed by atoms with Crippen LogP contribution >= 0.6 is 0 Å². The van der Waals surface area contributed by atoms with Crippen LogP contribution in [0.25, 0.3) is 10.9 Å². The minimum absolute atomic E-state index is 0.459. The second-order valence-electron chi connectivity index (χ2n) is 5.13. The molecular formula is C13H16N2O2S. The van der Waals surface area contributed by atoms with Crippen LogP contribution in [0.3, 0.4) is 0 Å². The Balaban J connectivity index is 2.31. The fraction of sp³-hybridized carbons (Fsp3) is 0.462. The van der Waals surface area contributed by atoms with Crippen molar-refractivity contribution >= 4 is 20.7 Å². The van der Waals surface area contributed by atoms with Crippen molar-refractivity contribution in [1.29, 1.82) is 0 Å². The smallest absolute Gasteiger partial charge is 0.177 e. The third kappa shape index (κ3) is 1.82. The summed E-state index contributed by atoms with van der Waals surface area (Å²) in [6, 6.07) is 1.79. The molecule has 0 spiro atoms. The van der Waals surface area contributed by atoms with E-state index in [1.54, 1.807) is 18.5 Å². The molecule has 2 heterocycles. The lowest BCUT2D eigenvalue weighted by atomic mass is 10.3. The zero-order chi connectivity index (χ0) is 12.9. The van der Waals surface area contributed by atoms with Crippen LogP contribution < -0.4 is 0 Å². The van der Waals surface area contributed by atoms with E-state index in [1.165, 1.54) is 19.1 Å². The van der Waals surface area contributed by atoms with Gasteiger partial charge >= 0.3 is 0 Å². The van der Waals surface area contributed by atoms with Gasteiger partial charge < -0.3 is 4.57 Å². The average molecular weight is 264 g/mol. The molecule has 1 fully saturated rings. The first-order valence-electron chi connectivity index (χ1n) is 6.11. The number of aromatic nitrogens is 2. The van der Waals surface area contributed by atoms with E-state index in [0.29, 0.717) is 10.8 Å². The highest BCUT2D eigenvalue weighted by molar-refractivity contribution is 7.91. The zero-order valence-electron chi connectivity index (χ0n) is 10.5. The molecule has 0 N–H and O–H groups in total. The largest absolute Gasteiger partial charge is 0.342 e. The van der Waals surface area contributed by atoms with Crippen molar-refractivity contribution in [3.63, 3.8) is 0 Å². The number of fused-ring (bicyclic) bond motifs is 1. The van der Waals surface area contributed by atoms with Crippen molar-refractivity contribution in [3.8, 4) is 0 Å². The lowest BCUT2D eigenvalue weighted by Gasteiger charge is -2.06. The molecule has 1 saturated carbocycles. The minimum atomic E-state index is -3.20. The molecule has 3 rings (SSSR count). The summed E-state index contributed by atoms with van der Waals surface area (Å²) in [7, 11) is -3.20. The van der Waals surface area contributed by atoms with Crippen LogP contribution in [0.15, 0.2) is 23.4 Å². The maximum atomic E-state index is 11.9. The van der Waals surface area contributed by atoms with Gasteiger partial charge in [0.2, 0.25) is 0 Å². The Labute approximate surface area is 107 Å². The number of rotatable bonds is 3. The van der Waals surface area contributed by atoms with Gasteiger partial charge in [-0.05, 0) is 31.7 Å². The van der Waals surface area contributed by atoms with E-state index in [4.69, 9.17) is 0 Å². The van der Waals surface area contributed by atoms with Crippen molar-refractivity contribution < 1.29 is 8.42 Å². The van der Waals surface area contributed by atoms with E-state index in [0.717, 1.165) is 23.1 Å². The third-order valence-electron chi connectivity index (χ3n) is 3.58. The molecule has 0 aliphatic heterocycles. The van der Waals surface area contributed by atoms with E-state index in [2.05, 4.69) is 9.55 Å². The maximum absolute atomic E-state index is 11.9. The Morgan fingerprint density at radius 2 is 2.17 bits per heavy atom. The summed E-state index contributed by atoms with van der Waals surface area (Å²) >= 11 is 0. The minimum Gasteiger partial charge on any atom is -0.342 e. The molecule has 2 aromatic heterocycles. The normalized spacial score (nSPS) is 16.3. The summed E-state index contributed by atoms with van der Waals surface area (Å²) in [6.45, 7) is 2.79. The number of hydrogen-bond donors (Lipinski definition) is 0. The van der Waals surface area contributed by atoms with Gasteiger partial charge in [0, 0.05) is 30.1 Å². The fourth-order valence-electron chi connectivity index (χ4n) is 2.55. The van der Waals surface area contributed by atoms with Crippen molar-refractivity contribution in [3.05, 3.63) is 24.2 Å². The van der Waals surface area contributed by atoms with Crippen molar-refractivity contribution in [1.82, 2.24) is 9.55 Å². The molecule has 0 amide bonds. The molecule has 1 aliphatic rings. The second-order valence-corrected chi connectivity index (χ2v) is 7.09. The predicted octanol–water partition coefficient (Wildman–Crippen LogP) is 2.16. The summed E-state index contributed by atoms with van der Waals surface area (Å²) in [4.78, 5) is 4.58. The molecule has 0 aromatic carbocycles. The molecule has 0 atom stereocenters. The van der Waals surface area contributed by atoms with Gasteiger partial charge in [-0.25, -0.2) is 8.42 Å². The summed E-state index contributed by atoms with van der Waals surface area (Å²) in [5, 5.41) is 0.797. The van der Waals surface area contributed by atoms with E-state index in [-0.39, 0.29) is 0 Å². The molecule has 0 bridgehead atoms. The molecule has 0 unspecified atom stereocenters. The molecule has 1 aliphatic carbocycles. The van der Waals surface area contributed by atoms with Crippen LogP contribution in [0.5, 0.6) is 0 Å². The van der Waals surface area contributed by atoms with E-state index in [1.807, 2.05) is 6.92 Å². The lowest BCUT2D eigenvalue weighted by Crippen LogP contribution is -2.04. The first-order valence-corrected chi connectivity index (χ1v) is 8.00. The first-order chi connectivity index (χ1) is 8.48.